The summed E-state index contributed by atoms with van der Waals surface area (Å²) < 4.78 is 10.2. The van der Waals surface area contributed by atoms with Crippen molar-refractivity contribution in [3.05, 3.63) is 170 Å². The van der Waals surface area contributed by atoms with E-state index < -0.39 is 5.97 Å². The monoisotopic (exact) mass is 600 g/mol. The van der Waals surface area contributed by atoms with Crippen LogP contribution in [0.25, 0.3) is 0 Å². The molecule has 3 aromatic rings. The van der Waals surface area contributed by atoms with Crippen molar-refractivity contribution in [1.29, 1.82) is 0 Å². The van der Waals surface area contributed by atoms with Gasteiger partial charge in [0.05, 0.1) is 13.2 Å². The summed E-state index contributed by atoms with van der Waals surface area (Å²) in [6, 6.07) is 24.3. The number of anilines is 4. The van der Waals surface area contributed by atoms with Gasteiger partial charge in [-0.3, -0.25) is 4.79 Å². The molecule has 6 nitrogen and oxygen atoms in total. The molecule has 0 aromatic heterocycles. The first-order valence-electron chi connectivity index (χ1n) is 14.5. The van der Waals surface area contributed by atoms with Crippen LogP contribution in [0.5, 0.6) is 0 Å². The highest BCUT2D eigenvalue weighted by molar-refractivity contribution is 5.87. The summed E-state index contributed by atoms with van der Waals surface area (Å²) >= 11 is 0. The summed E-state index contributed by atoms with van der Waals surface area (Å²) in [5.74, 6) is -0.397. The summed E-state index contributed by atoms with van der Waals surface area (Å²) in [6.45, 7) is 22.2. The molecule has 0 aliphatic rings. The number of carbonyl (C=O) groups is 2. The Kier molecular flexibility index (Phi) is 13.2. The Bertz CT molecular complexity index is 1600. The maximum atomic E-state index is 11.8. The Morgan fingerprint density at radius 2 is 1.18 bits per heavy atom. The fourth-order valence-corrected chi connectivity index (χ4v) is 4.67. The smallest absolute Gasteiger partial charge is 0.333 e. The number of carbonyl (C=O) groups excluding carboxylic acids is 2. The molecule has 230 valence electrons. The van der Waals surface area contributed by atoms with Crippen LogP contribution in [0.15, 0.2) is 159 Å². The molecule has 0 bridgehead atoms. The van der Waals surface area contributed by atoms with Gasteiger partial charge in [-0.15, -0.1) is 0 Å². The molecule has 0 spiro atoms. The summed E-state index contributed by atoms with van der Waals surface area (Å²) in [6.07, 6.45) is 12.0. The third-order valence-electron chi connectivity index (χ3n) is 6.76. The van der Waals surface area contributed by atoms with Crippen molar-refractivity contribution in [3.63, 3.8) is 0 Å². The van der Waals surface area contributed by atoms with Crippen LogP contribution in [0.4, 0.5) is 22.7 Å². The highest BCUT2D eigenvalue weighted by atomic mass is 16.5. The fraction of sp³-hybridized carbons (Fsp3) is 0.128. The van der Waals surface area contributed by atoms with Crippen molar-refractivity contribution < 1.29 is 19.1 Å². The minimum Gasteiger partial charge on any atom is -0.468 e. The Labute approximate surface area is 266 Å². The lowest BCUT2D eigenvalue weighted by atomic mass is 10.1. The number of ether oxygens (including phenoxy) is 2. The lowest BCUT2D eigenvalue weighted by molar-refractivity contribution is -0.138. The van der Waals surface area contributed by atoms with Crippen LogP contribution in [-0.2, 0) is 31.9 Å². The number of hydrogen-bond donors (Lipinski definition) is 0. The van der Waals surface area contributed by atoms with E-state index in [1.54, 1.807) is 31.2 Å². The van der Waals surface area contributed by atoms with Gasteiger partial charge in [0.25, 0.3) is 6.47 Å². The summed E-state index contributed by atoms with van der Waals surface area (Å²) in [5, 5.41) is 0. The van der Waals surface area contributed by atoms with Gasteiger partial charge in [-0.25, -0.2) is 4.79 Å². The maximum Gasteiger partial charge on any atom is 0.333 e. The van der Waals surface area contributed by atoms with E-state index in [1.165, 1.54) is 0 Å². The predicted molar refractivity (Wildman–Crippen MR) is 186 cm³/mol. The van der Waals surface area contributed by atoms with Gasteiger partial charge in [-0.05, 0) is 90.9 Å². The first-order chi connectivity index (χ1) is 21.9. The van der Waals surface area contributed by atoms with Gasteiger partial charge in [0.2, 0.25) is 0 Å². The van der Waals surface area contributed by atoms with E-state index in [-0.39, 0.29) is 6.61 Å². The summed E-state index contributed by atoms with van der Waals surface area (Å²) in [7, 11) is 0. The minimum absolute atomic E-state index is 0.256. The third kappa shape index (κ3) is 9.43. The fourth-order valence-electron chi connectivity index (χ4n) is 4.67. The van der Waals surface area contributed by atoms with Crippen molar-refractivity contribution in [2.45, 2.75) is 19.8 Å². The largest absolute Gasteiger partial charge is 0.468 e. The summed E-state index contributed by atoms with van der Waals surface area (Å²) in [5.41, 5.74) is 7.76. The Balaban J connectivity index is 2.03. The van der Waals surface area contributed by atoms with Crippen molar-refractivity contribution in [3.8, 4) is 0 Å². The van der Waals surface area contributed by atoms with Gasteiger partial charge < -0.3 is 19.3 Å². The van der Waals surface area contributed by atoms with Crippen LogP contribution in [0.3, 0.4) is 0 Å². The number of nitrogens with zero attached hydrogens (tertiary/aromatic N) is 2. The molecule has 45 heavy (non-hydrogen) atoms. The molecule has 0 fully saturated rings. The molecule has 0 saturated heterocycles. The van der Waals surface area contributed by atoms with E-state index in [0.29, 0.717) is 31.5 Å². The number of benzene rings is 3. The molecule has 6 heteroatoms. The van der Waals surface area contributed by atoms with E-state index in [2.05, 4.69) is 54.8 Å². The Morgan fingerprint density at radius 1 is 0.711 bits per heavy atom. The number of rotatable bonds is 18. The SMILES string of the molecule is C=C/C=C(\C=C)N(c1ccc(N(/C(C=C)=C/C=C)c2cccc(CCOC(=O)C(=C)C)c2)cc1)c1cccc(CCOC=O)c1. The lowest BCUT2D eigenvalue weighted by Crippen LogP contribution is -2.17. The molecule has 0 aliphatic carbocycles. The van der Waals surface area contributed by atoms with Crippen molar-refractivity contribution in [1.82, 2.24) is 0 Å². The van der Waals surface area contributed by atoms with Gasteiger partial charge in [-0.1, -0.05) is 69.3 Å². The molecule has 0 atom stereocenters. The second-order valence-electron chi connectivity index (χ2n) is 9.97. The molecule has 3 aromatic carbocycles. The molecule has 0 saturated carbocycles. The van der Waals surface area contributed by atoms with Gasteiger partial charge in [0.1, 0.15) is 0 Å². The molecule has 0 aliphatic heterocycles. The molecule has 0 amide bonds. The van der Waals surface area contributed by atoms with Gasteiger partial charge in [0, 0.05) is 52.6 Å². The molecule has 0 heterocycles. The van der Waals surface area contributed by atoms with Crippen LogP contribution in [0.1, 0.15) is 18.1 Å². The molecular weight excluding hydrogens is 560 g/mol. The van der Waals surface area contributed by atoms with E-state index in [1.807, 2.05) is 72.8 Å². The van der Waals surface area contributed by atoms with Crippen LogP contribution in [0.2, 0.25) is 0 Å². The third-order valence-corrected chi connectivity index (χ3v) is 6.76. The van der Waals surface area contributed by atoms with Crippen LogP contribution >= 0.6 is 0 Å². The normalized spacial score (nSPS) is 11.1. The van der Waals surface area contributed by atoms with Crippen LogP contribution < -0.4 is 9.80 Å². The molecule has 0 radical (unpaired) electrons. The zero-order chi connectivity index (χ0) is 32.6. The highest BCUT2D eigenvalue weighted by Gasteiger charge is 2.17. The van der Waals surface area contributed by atoms with E-state index in [4.69, 9.17) is 9.47 Å². The number of hydrogen-bond acceptors (Lipinski definition) is 6. The number of allylic oxidation sites excluding steroid dienone is 6. The highest BCUT2D eigenvalue weighted by Crippen LogP contribution is 2.36. The second kappa shape index (κ2) is 17.5. The molecule has 0 unspecified atom stereocenters. The summed E-state index contributed by atoms with van der Waals surface area (Å²) in [4.78, 5) is 26.6. The first kappa shape index (κ1) is 33.9. The number of esters is 1. The molecule has 0 N–H and O–H groups in total. The lowest BCUT2D eigenvalue weighted by Gasteiger charge is -2.29. The Morgan fingerprint density at radius 3 is 1.58 bits per heavy atom. The Hall–Kier alpha value is -5.62. The van der Waals surface area contributed by atoms with Gasteiger partial charge in [-0.2, -0.15) is 0 Å². The second-order valence-corrected chi connectivity index (χ2v) is 9.97. The zero-order valence-corrected chi connectivity index (χ0v) is 25.9. The van der Waals surface area contributed by atoms with Crippen molar-refractivity contribution in [2.75, 3.05) is 23.0 Å². The standard InChI is InChI=1S/C39H40N2O4/c1-7-13-33(9-3)40(37-17-11-15-31(27-37)23-25-44-29-42)35-19-21-36(22-20-35)41(34(10-4)14-8-2)38-18-12-16-32(28-38)24-26-45-39(43)30(5)6/h7-22,27-29H,1-5,23-26H2,6H3/b33-13+,34-14+. The van der Waals surface area contributed by atoms with Crippen molar-refractivity contribution >= 4 is 35.2 Å². The average Bonchev–Trinajstić information content (AvgIpc) is 3.05. The van der Waals surface area contributed by atoms with E-state index >= 15 is 0 Å². The van der Waals surface area contributed by atoms with Crippen molar-refractivity contribution in [2.24, 2.45) is 0 Å². The predicted octanol–water partition coefficient (Wildman–Crippen LogP) is 8.85. The zero-order valence-electron chi connectivity index (χ0n) is 25.9. The van der Waals surface area contributed by atoms with E-state index in [0.717, 1.165) is 45.3 Å². The van der Waals surface area contributed by atoms with Gasteiger partial charge >= 0.3 is 5.97 Å². The maximum absolute atomic E-state index is 11.8. The van der Waals surface area contributed by atoms with Gasteiger partial charge in [0.15, 0.2) is 0 Å². The average molecular weight is 601 g/mol. The van der Waals surface area contributed by atoms with E-state index in [9.17, 15) is 9.59 Å². The first-order valence-corrected chi connectivity index (χ1v) is 14.5. The van der Waals surface area contributed by atoms with Crippen LogP contribution in [-0.4, -0.2) is 25.7 Å². The topological polar surface area (TPSA) is 59.1 Å². The molecule has 3 rings (SSSR count). The van der Waals surface area contributed by atoms with Crippen LogP contribution in [0, 0.1) is 0 Å². The molecular formula is C39H40N2O4. The minimum atomic E-state index is -0.397. The quantitative estimate of drug-likeness (QED) is 0.0478.